The minimum atomic E-state index is -0.226. The van der Waals surface area contributed by atoms with Crippen molar-refractivity contribution in [1.29, 1.82) is 0 Å². The molecule has 0 aromatic heterocycles. The molecule has 0 heterocycles. The third kappa shape index (κ3) is 3.60. The van der Waals surface area contributed by atoms with Crippen molar-refractivity contribution in [2.24, 2.45) is 0 Å². The predicted octanol–water partition coefficient (Wildman–Crippen LogP) is 5.33. The molecule has 20 heavy (non-hydrogen) atoms. The van der Waals surface area contributed by atoms with Crippen LogP contribution in [-0.4, -0.2) is 6.54 Å². The van der Waals surface area contributed by atoms with Crippen LogP contribution in [0.1, 0.15) is 30.5 Å². The van der Waals surface area contributed by atoms with Crippen LogP contribution in [0.15, 0.2) is 46.9 Å². The van der Waals surface area contributed by atoms with Crippen LogP contribution in [0.5, 0.6) is 0 Å². The van der Waals surface area contributed by atoms with Gasteiger partial charge < -0.3 is 5.32 Å². The first kappa shape index (κ1) is 15.5. The molecule has 2 aromatic carbocycles. The van der Waals surface area contributed by atoms with Crippen molar-refractivity contribution in [2.75, 3.05) is 6.54 Å². The van der Waals surface area contributed by atoms with E-state index in [2.05, 4.69) is 28.2 Å². The van der Waals surface area contributed by atoms with Gasteiger partial charge in [-0.3, -0.25) is 0 Å². The van der Waals surface area contributed by atoms with E-state index < -0.39 is 0 Å². The van der Waals surface area contributed by atoms with E-state index in [1.54, 1.807) is 6.07 Å². The molecule has 2 rings (SSSR count). The molecule has 0 radical (unpaired) electrons. The van der Waals surface area contributed by atoms with E-state index >= 15 is 0 Å². The van der Waals surface area contributed by atoms with E-state index in [4.69, 9.17) is 11.6 Å². The lowest BCUT2D eigenvalue weighted by Crippen LogP contribution is -2.24. The van der Waals surface area contributed by atoms with Gasteiger partial charge in [0.15, 0.2) is 0 Å². The van der Waals surface area contributed by atoms with Gasteiger partial charge in [-0.1, -0.05) is 42.8 Å². The van der Waals surface area contributed by atoms with Gasteiger partial charge in [0.2, 0.25) is 0 Å². The molecule has 1 N–H and O–H groups in total. The van der Waals surface area contributed by atoms with Gasteiger partial charge in [0.1, 0.15) is 5.82 Å². The number of halogens is 3. The van der Waals surface area contributed by atoms with E-state index in [-0.39, 0.29) is 11.9 Å². The zero-order valence-electron chi connectivity index (χ0n) is 11.2. The van der Waals surface area contributed by atoms with E-state index in [0.717, 1.165) is 18.5 Å². The summed E-state index contributed by atoms with van der Waals surface area (Å²) in [6.45, 7) is 2.91. The molecule has 1 unspecified atom stereocenters. The van der Waals surface area contributed by atoms with Crippen LogP contribution in [0, 0.1) is 5.82 Å². The van der Waals surface area contributed by atoms with Crippen LogP contribution in [-0.2, 0) is 0 Å². The molecule has 1 nitrogen and oxygen atoms in total. The molecule has 0 aliphatic rings. The van der Waals surface area contributed by atoms with Gasteiger partial charge in [0.05, 0.1) is 10.5 Å². The van der Waals surface area contributed by atoms with Crippen LogP contribution in [0.25, 0.3) is 0 Å². The highest BCUT2D eigenvalue weighted by atomic mass is 79.9. The number of nitrogens with one attached hydrogen (secondary N) is 1. The van der Waals surface area contributed by atoms with Gasteiger partial charge in [-0.25, -0.2) is 4.39 Å². The average molecular weight is 357 g/mol. The monoisotopic (exact) mass is 355 g/mol. The third-order valence-electron chi connectivity index (χ3n) is 3.09. The maximum atomic E-state index is 14.3. The summed E-state index contributed by atoms with van der Waals surface area (Å²) in [5.74, 6) is -0.226. The van der Waals surface area contributed by atoms with Crippen LogP contribution in [0.4, 0.5) is 4.39 Å². The topological polar surface area (TPSA) is 12.0 Å². The Bertz CT molecular complexity index is 571. The lowest BCUT2D eigenvalue weighted by molar-refractivity contribution is 0.543. The van der Waals surface area contributed by atoms with Gasteiger partial charge in [-0.2, -0.15) is 0 Å². The zero-order chi connectivity index (χ0) is 14.5. The normalized spacial score (nSPS) is 12.4. The Kier molecular flexibility index (Phi) is 5.58. The first-order valence-corrected chi connectivity index (χ1v) is 7.73. The van der Waals surface area contributed by atoms with Crippen LogP contribution in [0.2, 0.25) is 5.02 Å². The molecule has 0 aliphatic carbocycles. The summed E-state index contributed by atoms with van der Waals surface area (Å²) in [4.78, 5) is 0. The van der Waals surface area contributed by atoms with Gasteiger partial charge in [0.25, 0.3) is 0 Å². The lowest BCUT2D eigenvalue weighted by atomic mass is 9.98. The third-order valence-corrected chi connectivity index (χ3v) is 3.96. The second-order valence-corrected chi connectivity index (χ2v) is 5.87. The van der Waals surface area contributed by atoms with Gasteiger partial charge >= 0.3 is 0 Å². The lowest BCUT2D eigenvalue weighted by Gasteiger charge is -2.20. The fourth-order valence-corrected chi connectivity index (χ4v) is 2.60. The minimum absolute atomic E-state index is 0.176. The molecular weight excluding hydrogens is 341 g/mol. The summed E-state index contributed by atoms with van der Waals surface area (Å²) in [5.41, 5.74) is 1.63. The highest BCUT2D eigenvalue weighted by Crippen LogP contribution is 2.29. The van der Waals surface area contributed by atoms with E-state index in [1.807, 2.05) is 36.4 Å². The first-order chi connectivity index (χ1) is 9.63. The molecule has 106 valence electrons. The Hall–Kier alpha value is -0.900. The van der Waals surface area contributed by atoms with Crippen molar-refractivity contribution in [2.45, 2.75) is 19.4 Å². The molecule has 0 fully saturated rings. The molecule has 0 spiro atoms. The minimum Gasteiger partial charge on any atom is -0.306 e. The fourth-order valence-electron chi connectivity index (χ4n) is 2.09. The van der Waals surface area contributed by atoms with E-state index in [9.17, 15) is 4.39 Å². The summed E-state index contributed by atoms with van der Waals surface area (Å²) < 4.78 is 14.8. The van der Waals surface area contributed by atoms with Crippen LogP contribution >= 0.6 is 27.5 Å². The van der Waals surface area contributed by atoms with Crippen LogP contribution < -0.4 is 5.32 Å². The van der Waals surface area contributed by atoms with Crippen molar-refractivity contribution in [3.63, 3.8) is 0 Å². The largest absolute Gasteiger partial charge is 0.306 e. The van der Waals surface area contributed by atoms with Crippen molar-refractivity contribution in [3.05, 3.63) is 68.9 Å². The summed E-state index contributed by atoms with van der Waals surface area (Å²) in [5, 5.41) is 4.06. The van der Waals surface area contributed by atoms with E-state index in [1.165, 1.54) is 0 Å². The Morgan fingerprint density at radius 3 is 2.55 bits per heavy atom. The van der Waals surface area contributed by atoms with Gasteiger partial charge in [0, 0.05) is 10.6 Å². The summed E-state index contributed by atoms with van der Waals surface area (Å²) in [6, 6.07) is 12.7. The van der Waals surface area contributed by atoms with Crippen molar-refractivity contribution in [3.8, 4) is 0 Å². The first-order valence-electron chi connectivity index (χ1n) is 6.56. The SMILES string of the molecule is CCCNC(c1ccc(Cl)cc1)c1cccc(Br)c1F. The molecular formula is C16H16BrClFN. The Labute approximate surface area is 132 Å². The second kappa shape index (κ2) is 7.21. The number of hydrogen-bond acceptors (Lipinski definition) is 1. The Morgan fingerprint density at radius 1 is 1.20 bits per heavy atom. The smallest absolute Gasteiger partial charge is 0.142 e. The highest BCUT2D eigenvalue weighted by Gasteiger charge is 2.18. The zero-order valence-corrected chi connectivity index (χ0v) is 13.5. The molecule has 0 bridgehead atoms. The van der Waals surface area contributed by atoms with Crippen LogP contribution in [0.3, 0.4) is 0 Å². The standard InChI is InChI=1S/C16H16BrClFN/c1-2-10-20-16(11-6-8-12(18)9-7-11)13-4-3-5-14(17)15(13)19/h3-9,16,20H,2,10H2,1H3. The van der Waals surface area contributed by atoms with Gasteiger partial charge in [-0.05, 0) is 52.7 Å². The van der Waals surface area contributed by atoms with Crippen molar-refractivity contribution < 1.29 is 4.39 Å². The maximum absolute atomic E-state index is 14.3. The molecule has 2 aromatic rings. The highest BCUT2D eigenvalue weighted by molar-refractivity contribution is 9.10. The molecule has 0 saturated carbocycles. The number of rotatable bonds is 5. The summed E-state index contributed by atoms with van der Waals surface area (Å²) in [7, 11) is 0. The number of benzene rings is 2. The summed E-state index contributed by atoms with van der Waals surface area (Å²) in [6.07, 6.45) is 0.986. The van der Waals surface area contributed by atoms with Gasteiger partial charge in [-0.15, -0.1) is 0 Å². The molecule has 4 heteroatoms. The average Bonchev–Trinajstić information content (AvgIpc) is 2.45. The molecule has 0 aliphatic heterocycles. The number of hydrogen-bond donors (Lipinski definition) is 1. The second-order valence-electron chi connectivity index (χ2n) is 4.58. The predicted molar refractivity (Wildman–Crippen MR) is 85.7 cm³/mol. The maximum Gasteiger partial charge on any atom is 0.142 e. The molecule has 0 amide bonds. The Morgan fingerprint density at radius 2 is 1.90 bits per heavy atom. The van der Waals surface area contributed by atoms with E-state index in [0.29, 0.717) is 15.1 Å². The fraction of sp³-hybridized carbons (Fsp3) is 0.250. The molecule has 0 saturated heterocycles. The Balaban J connectivity index is 2.41. The van der Waals surface area contributed by atoms with Crippen molar-refractivity contribution in [1.82, 2.24) is 5.32 Å². The molecule has 1 atom stereocenters. The summed E-state index contributed by atoms with van der Waals surface area (Å²) >= 11 is 9.16. The van der Waals surface area contributed by atoms with Crippen molar-refractivity contribution >= 4 is 27.5 Å². The quantitative estimate of drug-likeness (QED) is 0.763.